The third kappa shape index (κ3) is 1.67. The molecule has 1 N–H and O–H groups in total. The van der Waals surface area contributed by atoms with E-state index in [1.54, 1.807) is 19.0 Å². The van der Waals surface area contributed by atoms with Gasteiger partial charge in [0.2, 0.25) is 11.8 Å². The molecule has 7 nitrogen and oxygen atoms in total. The first-order chi connectivity index (χ1) is 7.61. The minimum absolute atomic E-state index is 0.307. The van der Waals surface area contributed by atoms with Gasteiger partial charge in [-0.15, -0.1) is 0 Å². The molecule has 0 aliphatic heterocycles. The maximum atomic E-state index is 11.1. The molecule has 7 heteroatoms. The van der Waals surface area contributed by atoms with Gasteiger partial charge in [0, 0.05) is 14.1 Å². The minimum atomic E-state index is -0.307. The molecule has 0 bridgehead atoms. The van der Waals surface area contributed by atoms with Gasteiger partial charge in [0.05, 0.1) is 13.3 Å². The fraction of sp³-hybridized carbons (Fsp3) is 0.333. The van der Waals surface area contributed by atoms with Gasteiger partial charge in [-0.2, -0.15) is 9.97 Å². The van der Waals surface area contributed by atoms with E-state index in [0.29, 0.717) is 23.0 Å². The first kappa shape index (κ1) is 10.3. The zero-order valence-electron chi connectivity index (χ0n) is 9.18. The van der Waals surface area contributed by atoms with Crippen LogP contribution >= 0.6 is 0 Å². The Labute approximate surface area is 91.1 Å². The van der Waals surface area contributed by atoms with Gasteiger partial charge in [0.1, 0.15) is 0 Å². The predicted octanol–water partition coefficient (Wildman–Crippen LogP) is -0.212. The molecule has 2 aromatic rings. The Hall–Kier alpha value is -2.18. The fourth-order valence-electron chi connectivity index (χ4n) is 1.24. The second-order valence-corrected chi connectivity index (χ2v) is 3.37. The average molecular weight is 221 g/mol. The number of methoxy groups -OCH3 is 1. The number of nitrogens with one attached hydrogen (secondary N) is 1. The lowest BCUT2D eigenvalue weighted by atomic mass is 10.5. The zero-order valence-corrected chi connectivity index (χ0v) is 9.18. The van der Waals surface area contributed by atoms with Crippen LogP contribution in [0.25, 0.3) is 11.2 Å². The maximum Gasteiger partial charge on any atom is 0.268 e. The average Bonchev–Trinajstić information content (AvgIpc) is 2.26. The fourth-order valence-corrected chi connectivity index (χ4v) is 1.24. The summed E-state index contributed by atoms with van der Waals surface area (Å²) in [6, 6.07) is 0. The van der Waals surface area contributed by atoms with Crippen molar-refractivity contribution in [2.75, 3.05) is 26.1 Å². The summed E-state index contributed by atoms with van der Waals surface area (Å²) in [5.41, 5.74) is 0.494. The van der Waals surface area contributed by atoms with Crippen molar-refractivity contribution in [1.29, 1.82) is 0 Å². The Bertz CT molecular complexity index is 578. The van der Waals surface area contributed by atoms with Crippen LogP contribution < -0.4 is 15.2 Å². The van der Waals surface area contributed by atoms with Crippen molar-refractivity contribution in [2.24, 2.45) is 0 Å². The van der Waals surface area contributed by atoms with Crippen molar-refractivity contribution in [1.82, 2.24) is 19.9 Å². The molecule has 0 saturated heterocycles. The van der Waals surface area contributed by atoms with Crippen LogP contribution in [0.15, 0.2) is 11.0 Å². The van der Waals surface area contributed by atoms with Crippen LogP contribution in [0.5, 0.6) is 5.88 Å². The van der Waals surface area contributed by atoms with E-state index in [9.17, 15) is 4.79 Å². The molecule has 0 aliphatic carbocycles. The third-order valence-electron chi connectivity index (χ3n) is 1.99. The second-order valence-electron chi connectivity index (χ2n) is 3.37. The summed E-state index contributed by atoms with van der Waals surface area (Å²) in [6.45, 7) is 0. The number of hydrogen-bond acceptors (Lipinski definition) is 6. The van der Waals surface area contributed by atoms with E-state index >= 15 is 0 Å². The Morgan fingerprint density at radius 2 is 2.12 bits per heavy atom. The van der Waals surface area contributed by atoms with Crippen LogP contribution in [0.4, 0.5) is 5.95 Å². The molecule has 0 saturated carbocycles. The van der Waals surface area contributed by atoms with E-state index in [2.05, 4.69) is 19.9 Å². The highest BCUT2D eigenvalue weighted by atomic mass is 16.5. The van der Waals surface area contributed by atoms with Crippen LogP contribution in [0.3, 0.4) is 0 Å². The topological polar surface area (TPSA) is 84.0 Å². The van der Waals surface area contributed by atoms with E-state index in [0.717, 1.165) is 0 Å². The number of hydrogen-bond donors (Lipinski definition) is 1. The Morgan fingerprint density at radius 1 is 1.38 bits per heavy atom. The number of H-pyrrole nitrogens is 1. The lowest BCUT2D eigenvalue weighted by Crippen LogP contribution is -2.15. The number of rotatable bonds is 2. The molecule has 0 fully saturated rings. The Balaban J connectivity index is 2.78. The largest absolute Gasteiger partial charge is 0.479 e. The summed E-state index contributed by atoms with van der Waals surface area (Å²) < 4.78 is 5.10. The third-order valence-corrected chi connectivity index (χ3v) is 1.99. The van der Waals surface area contributed by atoms with Crippen molar-refractivity contribution in [2.45, 2.75) is 0 Å². The van der Waals surface area contributed by atoms with Crippen molar-refractivity contribution in [3.63, 3.8) is 0 Å². The normalized spacial score (nSPS) is 10.4. The molecule has 0 radical (unpaired) electrons. The van der Waals surface area contributed by atoms with E-state index < -0.39 is 0 Å². The summed E-state index contributed by atoms with van der Waals surface area (Å²) in [5, 5.41) is 0. The second kappa shape index (κ2) is 3.76. The monoisotopic (exact) mass is 221 g/mol. The quantitative estimate of drug-likeness (QED) is 0.755. The zero-order chi connectivity index (χ0) is 11.7. The van der Waals surface area contributed by atoms with E-state index in [-0.39, 0.29) is 5.56 Å². The summed E-state index contributed by atoms with van der Waals surface area (Å²) in [6.07, 6.45) is 1.17. The molecule has 0 aromatic carbocycles. The van der Waals surface area contributed by atoms with E-state index in [1.807, 2.05) is 0 Å². The molecule has 0 spiro atoms. The van der Waals surface area contributed by atoms with Crippen molar-refractivity contribution in [3.8, 4) is 5.88 Å². The summed E-state index contributed by atoms with van der Waals surface area (Å²) in [4.78, 5) is 27.7. The lowest BCUT2D eigenvalue weighted by molar-refractivity contribution is 0.401. The lowest BCUT2D eigenvalue weighted by Gasteiger charge is -2.11. The van der Waals surface area contributed by atoms with Crippen LogP contribution in [-0.2, 0) is 0 Å². The molecule has 0 unspecified atom stereocenters. The number of aromatic nitrogens is 4. The van der Waals surface area contributed by atoms with Crippen LogP contribution in [0.1, 0.15) is 0 Å². The Morgan fingerprint density at radius 3 is 2.75 bits per heavy atom. The van der Waals surface area contributed by atoms with Crippen LogP contribution in [0, 0.1) is 0 Å². The van der Waals surface area contributed by atoms with Gasteiger partial charge >= 0.3 is 0 Å². The van der Waals surface area contributed by atoms with Crippen molar-refractivity contribution < 1.29 is 4.74 Å². The van der Waals surface area contributed by atoms with Gasteiger partial charge in [-0.05, 0) is 0 Å². The molecule has 84 valence electrons. The van der Waals surface area contributed by atoms with Gasteiger partial charge in [0.25, 0.3) is 5.56 Å². The number of fused-ring (bicyclic) bond motifs is 1. The Kier molecular flexibility index (Phi) is 2.43. The number of anilines is 1. The van der Waals surface area contributed by atoms with Crippen molar-refractivity contribution in [3.05, 3.63) is 16.6 Å². The molecule has 2 aromatic heterocycles. The van der Waals surface area contributed by atoms with Crippen molar-refractivity contribution >= 4 is 17.1 Å². The first-order valence-electron chi connectivity index (χ1n) is 4.60. The molecule has 0 amide bonds. The molecular weight excluding hydrogens is 210 g/mol. The highest BCUT2D eigenvalue weighted by Gasteiger charge is 2.10. The minimum Gasteiger partial charge on any atom is -0.479 e. The number of nitrogens with zero attached hydrogens (tertiary/aromatic N) is 4. The molecule has 2 heterocycles. The maximum absolute atomic E-state index is 11.1. The van der Waals surface area contributed by atoms with Gasteiger partial charge in [-0.1, -0.05) is 0 Å². The van der Waals surface area contributed by atoms with Gasteiger partial charge in [-0.3, -0.25) is 4.79 Å². The molecule has 2 rings (SSSR count). The summed E-state index contributed by atoms with van der Waals surface area (Å²) >= 11 is 0. The highest BCUT2D eigenvalue weighted by molar-refractivity contribution is 5.76. The highest BCUT2D eigenvalue weighted by Crippen LogP contribution is 2.19. The van der Waals surface area contributed by atoms with Crippen LogP contribution in [-0.4, -0.2) is 41.1 Å². The number of aromatic amines is 1. The molecule has 0 aliphatic rings. The predicted molar refractivity (Wildman–Crippen MR) is 58.8 cm³/mol. The first-order valence-corrected chi connectivity index (χ1v) is 4.60. The summed E-state index contributed by atoms with van der Waals surface area (Å²) in [5.74, 6) is 0.790. The van der Waals surface area contributed by atoms with E-state index in [1.165, 1.54) is 13.3 Å². The standard InChI is InChI=1S/C9H11N5O2/c1-14(2)9-12-7-6(8(13-9)16-3)10-4-5(15)11-7/h4H,1-3H3,(H,11,12,13,15). The SMILES string of the molecule is COc1nc(N(C)C)nc2[nH]c(=O)cnc12. The van der Waals surface area contributed by atoms with E-state index in [4.69, 9.17) is 4.74 Å². The summed E-state index contributed by atoms with van der Waals surface area (Å²) in [7, 11) is 5.10. The number of ether oxygens (including phenoxy) is 1. The molecule has 0 atom stereocenters. The molecular formula is C9H11N5O2. The van der Waals surface area contributed by atoms with Gasteiger partial charge in [0.15, 0.2) is 11.2 Å². The van der Waals surface area contributed by atoms with Crippen LogP contribution in [0.2, 0.25) is 0 Å². The van der Waals surface area contributed by atoms with Gasteiger partial charge < -0.3 is 14.6 Å². The molecule has 16 heavy (non-hydrogen) atoms. The smallest absolute Gasteiger partial charge is 0.268 e. The van der Waals surface area contributed by atoms with Gasteiger partial charge in [-0.25, -0.2) is 4.98 Å².